The van der Waals surface area contributed by atoms with Crippen LogP contribution in [-0.2, 0) is 19.1 Å². The van der Waals surface area contributed by atoms with Crippen LogP contribution in [0.25, 0.3) is 6.08 Å². The van der Waals surface area contributed by atoms with Crippen LogP contribution in [0.15, 0.2) is 30.3 Å². The number of amides is 2. The molecule has 2 N–H and O–H groups in total. The van der Waals surface area contributed by atoms with E-state index in [1.165, 1.54) is 17.1 Å². The quantitative estimate of drug-likeness (QED) is 0.645. The standard InChI is InChI=1S/C17H19ClN2O4/c18-14-6-2-1-4-12(14)7-8-16(22)24-11-15(21)20-9-3-5-13(10-20)17(19)23/h1-2,4,6-8,13H,3,5,9-11H2,(H2,19,23)/b8-7+/t13-/m0/s1. The lowest BCUT2D eigenvalue weighted by molar-refractivity contribution is -0.149. The maximum atomic E-state index is 12.1. The summed E-state index contributed by atoms with van der Waals surface area (Å²) >= 11 is 5.97. The van der Waals surface area contributed by atoms with Crippen molar-refractivity contribution in [3.8, 4) is 0 Å². The van der Waals surface area contributed by atoms with Crippen molar-refractivity contribution in [1.82, 2.24) is 4.90 Å². The number of primary amides is 1. The molecule has 0 bridgehead atoms. The summed E-state index contributed by atoms with van der Waals surface area (Å²) < 4.78 is 4.94. The fraction of sp³-hybridized carbons (Fsp3) is 0.353. The van der Waals surface area contributed by atoms with Crippen molar-refractivity contribution < 1.29 is 19.1 Å². The predicted octanol–water partition coefficient (Wildman–Crippen LogP) is 1.62. The number of nitrogens with zero attached hydrogens (tertiary/aromatic N) is 1. The third-order valence-corrected chi connectivity index (χ3v) is 4.16. The van der Waals surface area contributed by atoms with Gasteiger partial charge in [-0.25, -0.2) is 4.79 Å². The number of ether oxygens (including phenoxy) is 1. The van der Waals surface area contributed by atoms with E-state index in [1.807, 2.05) is 0 Å². The number of carbonyl (C=O) groups is 3. The van der Waals surface area contributed by atoms with E-state index in [-0.39, 0.29) is 25.0 Å². The zero-order valence-corrected chi connectivity index (χ0v) is 13.9. The van der Waals surface area contributed by atoms with E-state index in [1.54, 1.807) is 24.3 Å². The molecule has 1 aromatic rings. The monoisotopic (exact) mass is 350 g/mol. The van der Waals surface area contributed by atoms with Crippen LogP contribution in [0.2, 0.25) is 5.02 Å². The van der Waals surface area contributed by atoms with Crippen molar-refractivity contribution >= 4 is 35.5 Å². The Kier molecular flexibility index (Phi) is 6.37. The van der Waals surface area contributed by atoms with Crippen LogP contribution < -0.4 is 5.73 Å². The molecule has 6 nitrogen and oxygen atoms in total. The van der Waals surface area contributed by atoms with Gasteiger partial charge < -0.3 is 15.4 Å². The summed E-state index contributed by atoms with van der Waals surface area (Å²) in [6.07, 6.45) is 4.13. The number of halogens is 1. The SMILES string of the molecule is NC(=O)[C@H]1CCCN(C(=O)COC(=O)/C=C/c2ccccc2Cl)C1. The highest BCUT2D eigenvalue weighted by molar-refractivity contribution is 6.32. The predicted molar refractivity (Wildman–Crippen MR) is 89.9 cm³/mol. The second kappa shape index (κ2) is 8.49. The molecule has 1 aromatic carbocycles. The average molecular weight is 351 g/mol. The molecule has 0 saturated carbocycles. The Morgan fingerprint density at radius 2 is 2.08 bits per heavy atom. The number of esters is 1. The van der Waals surface area contributed by atoms with Gasteiger partial charge in [0, 0.05) is 24.2 Å². The Hall–Kier alpha value is -2.34. The minimum Gasteiger partial charge on any atom is -0.452 e. The summed E-state index contributed by atoms with van der Waals surface area (Å²) in [5.41, 5.74) is 5.96. The molecular weight excluding hydrogens is 332 g/mol. The van der Waals surface area contributed by atoms with Crippen LogP contribution in [0.1, 0.15) is 18.4 Å². The van der Waals surface area contributed by atoms with Gasteiger partial charge in [-0.3, -0.25) is 9.59 Å². The van der Waals surface area contributed by atoms with Crippen molar-refractivity contribution in [2.75, 3.05) is 19.7 Å². The lowest BCUT2D eigenvalue weighted by atomic mass is 9.97. The molecule has 1 aliphatic rings. The van der Waals surface area contributed by atoms with Gasteiger partial charge >= 0.3 is 5.97 Å². The molecule has 1 saturated heterocycles. The number of benzene rings is 1. The van der Waals surface area contributed by atoms with Gasteiger partial charge in [0.25, 0.3) is 5.91 Å². The molecule has 0 aromatic heterocycles. The fourth-order valence-corrected chi connectivity index (χ4v) is 2.67. The molecule has 1 atom stereocenters. The van der Waals surface area contributed by atoms with Crippen molar-refractivity contribution in [2.24, 2.45) is 11.7 Å². The van der Waals surface area contributed by atoms with Gasteiger partial charge in [-0.1, -0.05) is 29.8 Å². The normalized spacial score (nSPS) is 17.7. The lowest BCUT2D eigenvalue weighted by Gasteiger charge is -2.30. The number of hydrogen-bond donors (Lipinski definition) is 1. The highest BCUT2D eigenvalue weighted by Gasteiger charge is 2.27. The van der Waals surface area contributed by atoms with E-state index >= 15 is 0 Å². The molecule has 1 aliphatic heterocycles. The maximum Gasteiger partial charge on any atom is 0.331 e. The lowest BCUT2D eigenvalue weighted by Crippen LogP contribution is -2.45. The van der Waals surface area contributed by atoms with E-state index < -0.39 is 11.9 Å². The van der Waals surface area contributed by atoms with Gasteiger partial charge in [-0.2, -0.15) is 0 Å². The van der Waals surface area contributed by atoms with E-state index in [4.69, 9.17) is 22.1 Å². The van der Waals surface area contributed by atoms with Crippen molar-refractivity contribution in [1.29, 1.82) is 0 Å². The minimum atomic E-state index is -0.633. The number of nitrogens with two attached hydrogens (primary N) is 1. The average Bonchev–Trinajstić information content (AvgIpc) is 2.59. The second-order valence-corrected chi connectivity index (χ2v) is 5.95. The number of rotatable bonds is 5. The molecule has 0 unspecified atom stereocenters. The molecule has 1 heterocycles. The highest BCUT2D eigenvalue weighted by atomic mass is 35.5. The molecular formula is C17H19ClN2O4. The molecule has 24 heavy (non-hydrogen) atoms. The first-order valence-corrected chi connectivity index (χ1v) is 8.01. The topological polar surface area (TPSA) is 89.7 Å². The molecule has 7 heteroatoms. The van der Waals surface area contributed by atoms with Crippen LogP contribution in [0, 0.1) is 5.92 Å². The smallest absolute Gasteiger partial charge is 0.331 e. The number of likely N-dealkylation sites (tertiary alicyclic amines) is 1. The van der Waals surface area contributed by atoms with Gasteiger partial charge in [-0.15, -0.1) is 0 Å². The minimum absolute atomic E-state index is 0.279. The summed E-state index contributed by atoms with van der Waals surface area (Å²) in [7, 11) is 0. The Labute approximate surface area is 145 Å². The van der Waals surface area contributed by atoms with E-state index in [0.717, 1.165) is 0 Å². The van der Waals surface area contributed by atoms with Crippen LogP contribution in [0.4, 0.5) is 0 Å². The zero-order valence-electron chi connectivity index (χ0n) is 13.1. The highest BCUT2D eigenvalue weighted by Crippen LogP contribution is 2.17. The van der Waals surface area contributed by atoms with Crippen LogP contribution >= 0.6 is 11.6 Å². The van der Waals surface area contributed by atoms with Crippen molar-refractivity contribution in [3.05, 3.63) is 40.9 Å². The summed E-state index contributed by atoms with van der Waals surface area (Å²) in [6.45, 7) is 0.452. The number of carbonyl (C=O) groups excluding carboxylic acids is 3. The Morgan fingerprint density at radius 3 is 2.79 bits per heavy atom. The van der Waals surface area contributed by atoms with Gasteiger partial charge in [0.15, 0.2) is 6.61 Å². The molecule has 0 spiro atoms. The Balaban J connectivity index is 1.82. The van der Waals surface area contributed by atoms with Crippen molar-refractivity contribution in [3.63, 3.8) is 0 Å². The first-order valence-electron chi connectivity index (χ1n) is 7.64. The fourth-order valence-electron chi connectivity index (χ4n) is 2.48. The molecule has 0 radical (unpaired) electrons. The largest absolute Gasteiger partial charge is 0.452 e. The van der Waals surface area contributed by atoms with Crippen LogP contribution in [0.5, 0.6) is 0 Å². The van der Waals surface area contributed by atoms with Gasteiger partial charge in [0.2, 0.25) is 5.91 Å². The summed E-state index contributed by atoms with van der Waals surface area (Å²) in [6, 6.07) is 7.05. The molecule has 1 fully saturated rings. The number of piperidine rings is 1. The Bertz CT molecular complexity index is 660. The van der Waals surface area contributed by atoms with Gasteiger partial charge in [0.05, 0.1) is 5.92 Å². The second-order valence-electron chi connectivity index (χ2n) is 5.54. The van der Waals surface area contributed by atoms with E-state index in [0.29, 0.717) is 30.0 Å². The third-order valence-electron chi connectivity index (χ3n) is 3.82. The molecule has 2 amide bonds. The van der Waals surface area contributed by atoms with Gasteiger partial charge in [0.1, 0.15) is 0 Å². The van der Waals surface area contributed by atoms with E-state index in [9.17, 15) is 14.4 Å². The molecule has 2 rings (SSSR count). The molecule has 0 aliphatic carbocycles. The summed E-state index contributed by atoms with van der Waals surface area (Å²) in [5, 5.41) is 0.517. The number of hydrogen-bond acceptors (Lipinski definition) is 4. The molecule has 128 valence electrons. The summed E-state index contributed by atoms with van der Waals surface area (Å²) in [5.74, 6) is -1.71. The van der Waals surface area contributed by atoms with Gasteiger partial charge in [-0.05, 0) is 30.5 Å². The summed E-state index contributed by atoms with van der Waals surface area (Å²) in [4.78, 5) is 36.5. The van der Waals surface area contributed by atoms with Crippen LogP contribution in [0.3, 0.4) is 0 Å². The van der Waals surface area contributed by atoms with Crippen LogP contribution in [-0.4, -0.2) is 42.4 Å². The van der Waals surface area contributed by atoms with Crippen molar-refractivity contribution in [2.45, 2.75) is 12.8 Å². The zero-order chi connectivity index (χ0) is 17.5. The maximum absolute atomic E-state index is 12.1. The third kappa shape index (κ3) is 5.09. The first kappa shape index (κ1) is 18.0. The Morgan fingerprint density at radius 1 is 1.33 bits per heavy atom. The van der Waals surface area contributed by atoms with E-state index in [2.05, 4.69) is 0 Å². The first-order chi connectivity index (χ1) is 11.5.